The number of likely N-dealkylation sites (tertiary alicyclic amines) is 1. The van der Waals surface area contributed by atoms with E-state index in [0.29, 0.717) is 13.1 Å². The minimum absolute atomic E-state index is 0.101. The van der Waals surface area contributed by atoms with Crippen molar-refractivity contribution in [3.63, 3.8) is 0 Å². The SMILES string of the molecule is CC(C)C(NS(=O)(=O)c1ccccc1)C(=O)N1CCCC(c2nc3ccccc3[nH]2)C1. The Balaban J connectivity index is 1.52. The summed E-state index contributed by atoms with van der Waals surface area (Å²) in [4.78, 5) is 23.4. The van der Waals surface area contributed by atoms with Crippen LogP contribution >= 0.6 is 0 Å². The van der Waals surface area contributed by atoms with Gasteiger partial charge in [0.05, 0.1) is 15.9 Å². The van der Waals surface area contributed by atoms with E-state index < -0.39 is 16.1 Å². The smallest absolute Gasteiger partial charge is 0.241 e. The Kier molecular flexibility index (Phi) is 6.11. The van der Waals surface area contributed by atoms with Crippen LogP contribution in [0.25, 0.3) is 11.0 Å². The molecule has 0 bridgehead atoms. The lowest BCUT2D eigenvalue weighted by molar-refractivity contribution is -0.135. The van der Waals surface area contributed by atoms with E-state index in [1.807, 2.05) is 38.1 Å². The van der Waals surface area contributed by atoms with Crippen LogP contribution < -0.4 is 4.72 Å². The van der Waals surface area contributed by atoms with E-state index in [-0.39, 0.29) is 22.6 Å². The maximum Gasteiger partial charge on any atom is 0.241 e. The van der Waals surface area contributed by atoms with Gasteiger partial charge in [-0.1, -0.05) is 44.2 Å². The summed E-state index contributed by atoms with van der Waals surface area (Å²) < 4.78 is 28.3. The Morgan fingerprint density at radius 2 is 1.84 bits per heavy atom. The molecule has 2 N–H and O–H groups in total. The summed E-state index contributed by atoms with van der Waals surface area (Å²) in [6, 6.07) is 15.2. The van der Waals surface area contributed by atoms with E-state index in [4.69, 9.17) is 4.98 Å². The van der Waals surface area contributed by atoms with Gasteiger partial charge in [-0.15, -0.1) is 0 Å². The number of aromatic nitrogens is 2. The molecular weight excluding hydrogens is 412 g/mol. The molecule has 164 valence electrons. The molecule has 2 heterocycles. The van der Waals surface area contributed by atoms with Gasteiger partial charge >= 0.3 is 0 Å². The normalized spacial score (nSPS) is 18.4. The predicted octanol–water partition coefficient (Wildman–Crippen LogP) is 3.27. The summed E-state index contributed by atoms with van der Waals surface area (Å²) in [7, 11) is -3.79. The molecule has 8 heteroatoms. The number of nitrogens with one attached hydrogen (secondary N) is 2. The van der Waals surface area contributed by atoms with Crippen LogP contribution in [0.4, 0.5) is 0 Å². The minimum atomic E-state index is -3.79. The zero-order valence-electron chi connectivity index (χ0n) is 17.8. The van der Waals surface area contributed by atoms with Crippen molar-refractivity contribution in [3.8, 4) is 0 Å². The number of imidazole rings is 1. The number of sulfonamides is 1. The number of nitrogens with zero attached hydrogens (tertiary/aromatic N) is 2. The number of fused-ring (bicyclic) bond motifs is 1. The fourth-order valence-electron chi connectivity index (χ4n) is 4.07. The number of carbonyl (C=O) groups is 1. The first kappa shape index (κ1) is 21.5. The molecule has 4 rings (SSSR count). The lowest BCUT2D eigenvalue weighted by Gasteiger charge is -2.35. The van der Waals surface area contributed by atoms with Crippen LogP contribution in [0.5, 0.6) is 0 Å². The number of amides is 1. The Morgan fingerprint density at radius 1 is 1.13 bits per heavy atom. The third-order valence-corrected chi connectivity index (χ3v) is 7.25. The fourth-order valence-corrected chi connectivity index (χ4v) is 5.43. The van der Waals surface area contributed by atoms with E-state index in [1.54, 1.807) is 23.1 Å². The van der Waals surface area contributed by atoms with Gasteiger partial charge in [0, 0.05) is 19.0 Å². The quantitative estimate of drug-likeness (QED) is 0.615. The lowest BCUT2D eigenvalue weighted by Crippen LogP contribution is -2.53. The summed E-state index contributed by atoms with van der Waals surface area (Å²) in [6.45, 7) is 4.86. The van der Waals surface area contributed by atoms with E-state index in [0.717, 1.165) is 29.7 Å². The van der Waals surface area contributed by atoms with Crippen molar-refractivity contribution in [2.24, 2.45) is 5.92 Å². The second kappa shape index (κ2) is 8.80. The standard InChI is InChI=1S/C23H28N4O3S/c1-16(2)21(26-31(29,30)18-10-4-3-5-11-18)23(28)27-14-8-9-17(15-27)22-24-19-12-6-7-13-20(19)25-22/h3-7,10-13,16-17,21,26H,8-9,14-15H2,1-2H3,(H,24,25). The highest BCUT2D eigenvalue weighted by Crippen LogP contribution is 2.27. The molecule has 0 aliphatic carbocycles. The van der Waals surface area contributed by atoms with Gasteiger partial charge < -0.3 is 9.88 Å². The number of hydrogen-bond donors (Lipinski definition) is 2. The molecule has 0 spiro atoms. The minimum Gasteiger partial charge on any atom is -0.342 e. The number of hydrogen-bond acceptors (Lipinski definition) is 4. The van der Waals surface area contributed by atoms with Gasteiger partial charge in [0.15, 0.2) is 0 Å². The van der Waals surface area contributed by atoms with Crippen LogP contribution in [0, 0.1) is 5.92 Å². The maximum absolute atomic E-state index is 13.4. The summed E-state index contributed by atoms with van der Waals surface area (Å²) in [5, 5.41) is 0. The molecule has 7 nitrogen and oxygen atoms in total. The van der Waals surface area contributed by atoms with Gasteiger partial charge in [-0.3, -0.25) is 4.79 Å². The number of H-pyrrole nitrogens is 1. The summed E-state index contributed by atoms with van der Waals surface area (Å²) in [5.74, 6) is 0.612. The predicted molar refractivity (Wildman–Crippen MR) is 120 cm³/mol. The molecule has 0 radical (unpaired) electrons. The van der Waals surface area contributed by atoms with Crippen LogP contribution in [0.1, 0.15) is 38.4 Å². The molecule has 1 aromatic heterocycles. The zero-order chi connectivity index (χ0) is 22.0. The molecule has 0 saturated carbocycles. The molecule has 1 aliphatic heterocycles. The first-order valence-electron chi connectivity index (χ1n) is 10.7. The Bertz CT molecular complexity index is 1120. The number of carbonyl (C=O) groups excluding carboxylic acids is 1. The van der Waals surface area contributed by atoms with Crippen LogP contribution in [-0.2, 0) is 14.8 Å². The molecule has 1 saturated heterocycles. The first-order valence-corrected chi connectivity index (χ1v) is 12.1. The zero-order valence-corrected chi connectivity index (χ0v) is 18.6. The topological polar surface area (TPSA) is 95.2 Å². The van der Waals surface area contributed by atoms with Crippen molar-refractivity contribution >= 4 is 27.0 Å². The van der Waals surface area contributed by atoms with Crippen LogP contribution in [0.3, 0.4) is 0 Å². The van der Waals surface area contributed by atoms with Gasteiger partial charge in [0.1, 0.15) is 11.9 Å². The van der Waals surface area contributed by atoms with Crippen molar-refractivity contribution in [2.45, 2.75) is 43.5 Å². The van der Waals surface area contributed by atoms with Crippen molar-refractivity contribution in [3.05, 3.63) is 60.4 Å². The van der Waals surface area contributed by atoms with Crippen molar-refractivity contribution in [2.75, 3.05) is 13.1 Å². The summed E-state index contributed by atoms with van der Waals surface area (Å²) >= 11 is 0. The number of aromatic amines is 1. The number of benzene rings is 2. The molecule has 2 atom stereocenters. The van der Waals surface area contributed by atoms with Gasteiger partial charge in [-0.2, -0.15) is 4.72 Å². The average Bonchev–Trinajstić information content (AvgIpc) is 3.22. The molecule has 3 aromatic rings. The molecular formula is C23H28N4O3S. The summed E-state index contributed by atoms with van der Waals surface area (Å²) in [5.41, 5.74) is 1.90. The third-order valence-electron chi connectivity index (χ3n) is 5.80. The molecule has 1 fully saturated rings. The van der Waals surface area contributed by atoms with Crippen molar-refractivity contribution < 1.29 is 13.2 Å². The molecule has 2 unspecified atom stereocenters. The number of piperidine rings is 1. The van der Waals surface area contributed by atoms with E-state index in [2.05, 4.69) is 9.71 Å². The Labute approximate surface area is 182 Å². The summed E-state index contributed by atoms with van der Waals surface area (Å²) in [6.07, 6.45) is 1.79. The van der Waals surface area contributed by atoms with E-state index in [9.17, 15) is 13.2 Å². The van der Waals surface area contributed by atoms with Crippen LogP contribution in [0.2, 0.25) is 0 Å². The Hall–Kier alpha value is -2.71. The number of rotatable bonds is 6. The van der Waals surface area contributed by atoms with Gasteiger partial charge in [-0.05, 0) is 43.0 Å². The monoisotopic (exact) mass is 440 g/mol. The van der Waals surface area contributed by atoms with Crippen molar-refractivity contribution in [1.82, 2.24) is 19.6 Å². The Morgan fingerprint density at radius 3 is 2.55 bits per heavy atom. The van der Waals surface area contributed by atoms with E-state index >= 15 is 0 Å². The highest BCUT2D eigenvalue weighted by atomic mass is 32.2. The van der Waals surface area contributed by atoms with E-state index in [1.165, 1.54) is 12.1 Å². The van der Waals surface area contributed by atoms with Crippen molar-refractivity contribution in [1.29, 1.82) is 0 Å². The van der Waals surface area contributed by atoms with Gasteiger partial charge in [0.25, 0.3) is 0 Å². The second-order valence-electron chi connectivity index (χ2n) is 8.42. The number of para-hydroxylation sites is 2. The molecule has 1 amide bonds. The molecule has 31 heavy (non-hydrogen) atoms. The molecule has 1 aliphatic rings. The average molecular weight is 441 g/mol. The van der Waals surface area contributed by atoms with Crippen LogP contribution in [-0.4, -0.2) is 48.3 Å². The fraction of sp³-hybridized carbons (Fsp3) is 0.391. The third kappa shape index (κ3) is 4.65. The largest absolute Gasteiger partial charge is 0.342 e. The molecule has 2 aromatic carbocycles. The first-order chi connectivity index (χ1) is 14.8. The lowest BCUT2D eigenvalue weighted by atomic mass is 9.95. The maximum atomic E-state index is 13.4. The second-order valence-corrected chi connectivity index (χ2v) is 10.1. The highest BCUT2D eigenvalue weighted by Gasteiger charge is 2.34. The van der Waals surface area contributed by atoms with Gasteiger partial charge in [-0.25, -0.2) is 13.4 Å². The van der Waals surface area contributed by atoms with Crippen LogP contribution in [0.15, 0.2) is 59.5 Å². The highest BCUT2D eigenvalue weighted by molar-refractivity contribution is 7.89. The van der Waals surface area contributed by atoms with Gasteiger partial charge in [0.2, 0.25) is 15.9 Å².